The highest BCUT2D eigenvalue weighted by Crippen LogP contribution is 2.23. The number of nitrogens with zero attached hydrogens (tertiary/aromatic N) is 1. The number of benzene rings is 1. The second kappa shape index (κ2) is 5.63. The van der Waals surface area contributed by atoms with Crippen LogP contribution in [0.3, 0.4) is 0 Å². The monoisotopic (exact) mass is 292 g/mol. The molecule has 2 aromatic rings. The summed E-state index contributed by atoms with van der Waals surface area (Å²) in [5.74, 6) is 0. The van der Waals surface area contributed by atoms with Gasteiger partial charge in [0.1, 0.15) is 0 Å². The van der Waals surface area contributed by atoms with Crippen LogP contribution in [0.2, 0.25) is 4.34 Å². The SMILES string of the molecule is CN(Cc1ccc2c(c1)CNC2)Cc1ccc(Cl)s1. The maximum atomic E-state index is 5.96. The maximum Gasteiger partial charge on any atom is 0.0931 e. The number of halogens is 1. The summed E-state index contributed by atoms with van der Waals surface area (Å²) in [6.45, 7) is 3.95. The minimum atomic E-state index is 0.868. The fourth-order valence-electron chi connectivity index (χ4n) is 2.52. The summed E-state index contributed by atoms with van der Waals surface area (Å²) in [6, 6.07) is 10.9. The fraction of sp³-hybridized carbons (Fsp3) is 0.333. The van der Waals surface area contributed by atoms with Crippen LogP contribution in [-0.4, -0.2) is 11.9 Å². The summed E-state index contributed by atoms with van der Waals surface area (Å²) in [5.41, 5.74) is 4.27. The zero-order chi connectivity index (χ0) is 13.2. The van der Waals surface area contributed by atoms with E-state index >= 15 is 0 Å². The van der Waals surface area contributed by atoms with Crippen LogP contribution < -0.4 is 5.32 Å². The lowest BCUT2D eigenvalue weighted by atomic mass is 10.1. The summed E-state index contributed by atoms with van der Waals surface area (Å²) < 4.78 is 0.868. The van der Waals surface area contributed by atoms with Crippen molar-refractivity contribution >= 4 is 22.9 Å². The van der Waals surface area contributed by atoms with E-state index in [1.54, 1.807) is 11.3 Å². The Morgan fingerprint density at radius 3 is 2.79 bits per heavy atom. The molecule has 3 rings (SSSR count). The first-order chi connectivity index (χ1) is 9.20. The fourth-order valence-corrected chi connectivity index (χ4v) is 3.68. The highest BCUT2D eigenvalue weighted by Gasteiger charge is 2.11. The van der Waals surface area contributed by atoms with Gasteiger partial charge in [0, 0.05) is 31.1 Å². The van der Waals surface area contributed by atoms with E-state index < -0.39 is 0 Å². The van der Waals surface area contributed by atoms with Gasteiger partial charge in [0.2, 0.25) is 0 Å². The Hall–Kier alpha value is -0.870. The molecule has 0 atom stereocenters. The molecule has 0 aliphatic carbocycles. The van der Waals surface area contributed by atoms with Gasteiger partial charge in [0.25, 0.3) is 0 Å². The van der Waals surface area contributed by atoms with Crippen LogP contribution >= 0.6 is 22.9 Å². The van der Waals surface area contributed by atoms with Crippen molar-refractivity contribution in [2.75, 3.05) is 7.05 Å². The van der Waals surface area contributed by atoms with E-state index in [-0.39, 0.29) is 0 Å². The van der Waals surface area contributed by atoms with E-state index in [1.165, 1.54) is 21.6 Å². The molecule has 0 amide bonds. The summed E-state index contributed by atoms with van der Waals surface area (Å²) in [7, 11) is 2.15. The summed E-state index contributed by atoms with van der Waals surface area (Å²) >= 11 is 7.62. The standard InChI is InChI=1S/C15H17ClN2S/c1-18(10-14-4-5-15(16)19-14)9-11-2-3-12-7-17-8-13(12)6-11/h2-6,17H,7-10H2,1H3. The van der Waals surface area contributed by atoms with Gasteiger partial charge >= 0.3 is 0 Å². The minimum Gasteiger partial charge on any atom is -0.309 e. The van der Waals surface area contributed by atoms with Gasteiger partial charge in [-0.15, -0.1) is 11.3 Å². The van der Waals surface area contributed by atoms with Gasteiger partial charge in [0.15, 0.2) is 0 Å². The van der Waals surface area contributed by atoms with Crippen molar-refractivity contribution in [2.45, 2.75) is 26.2 Å². The largest absolute Gasteiger partial charge is 0.309 e. The van der Waals surface area contributed by atoms with Crippen LogP contribution in [0.5, 0.6) is 0 Å². The molecule has 0 spiro atoms. The Labute approximate surface area is 123 Å². The quantitative estimate of drug-likeness (QED) is 0.925. The molecule has 2 nitrogen and oxygen atoms in total. The molecule has 1 aliphatic rings. The van der Waals surface area contributed by atoms with E-state index in [2.05, 4.69) is 41.5 Å². The third kappa shape index (κ3) is 3.18. The number of fused-ring (bicyclic) bond motifs is 1. The molecule has 4 heteroatoms. The van der Waals surface area contributed by atoms with E-state index in [0.29, 0.717) is 0 Å². The van der Waals surface area contributed by atoms with E-state index in [4.69, 9.17) is 11.6 Å². The first-order valence-electron chi connectivity index (χ1n) is 6.45. The summed E-state index contributed by atoms with van der Waals surface area (Å²) in [4.78, 5) is 3.64. The second-order valence-electron chi connectivity index (χ2n) is 5.08. The number of rotatable bonds is 4. The normalized spacial score (nSPS) is 14.1. The van der Waals surface area contributed by atoms with Gasteiger partial charge in [-0.05, 0) is 35.9 Å². The maximum absolute atomic E-state index is 5.96. The van der Waals surface area contributed by atoms with Crippen molar-refractivity contribution in [3.05, 3.63) is 56.2 Å². The van der Waals surface area contributed by atoms with Gasteiger partial charge in [-0.25, -0.2) is 0 Å². The second-order valence-corrected chi connectivity index (χ2v) is 6.88. The Kier molecular flexibility index (Phi) is 3.89. The van der Waals surface area contributed by atoms with Crippen molar-refractivity contribution < 1.29 is 0 Å². The molecule has 1 aliphatic heterocycles. The van der Waals surface area contributed by atoms with Crippen LogP contribution in [0.1, 0.15) is 21.6 Å². The van der Waals surface area contributed by atoms with Crippen LogP contribution in [-0.2, 0) is 26.2 Å². The van der Waals surface area contributed by atoms with Crippen LogP contribution in [0.25, 0.3) is 0 Å². The van der Waals surface area contributed by atoms with Gasteiger partial charge < -0.3 is 5.32 Å². The topological polar surface area (TPSA) is 15.3 Å². The Morgan fingerprint density at radius 1 is 1.16 bits per heavy atom. The Morgan fingerprint density at radius 2 is 2.00 bits per heavy atom. The average Bonchev–Trinajstić information content (AvgIpc) is 2.97. The van der Waals surface area contributed by atoms with Crippen LogP contribution in [0, 0.1) is 0 Å². The molecule has 0 radical (unpaired) electrons. The van der Waals surface area contributed by atoms with Crippen molar-refractivity contribution in [3.8, 4) is 0 Å². The summed E-state index contributed by atoms with van der Waals surface area (Å²) in [5, 5.41) is 3.38. The molecule has 2 heterocycles. The van der Waals surface area contributed by atoms with Crippen LogP contribution in [0.15, 0.2) is 30.3 Å². The van der Waals surface area contributed by atoms with Crippen molar-refractivity contribution in [3.63, 3.8) is 0 Å². The molecule has 0 bridgehead atoms. The molecule has 1 aromatic heterocycles. The number of hydrogen-bond donors (Lipinski definition) is 1. The smallest absolute Gasteiger partial charge is 0.0931 e. The predicted molar refractivity (Wildman–Crippen MR) is 81.5 cm³/mol. The van der Waals surface area contributed by atoms with E-state index in [9.17, 15) is 0 Å². The van der Waals surface area contributed by atoms with Gasteiger partial charge in [-0.3, -0.25) is 4.90 Å². The molecular formula is C15H17ClN2S. The molecule has 1 N–H and O–H groups in total. The molecule has 100 valence electrons. The first-order valence-corrected chi connectivity index (χ1v) is 7.64. The highest BCUT2D eigenvalue weighted by atomic mass is 35.5. The van der Waals surface area contributed by atoms with Crippen molar-refractivity contribution in [2.24, 2.45) is 0 Å². The zero-order valence-corrected chi connectivity index (χ0v) is 12.5. The number of hydrogen-bond acceptors (Lipinski definition) is 3. The first kappa shape index (κ1) is 13.1. The molecule has 19 heavy (non-hydrogen) atoms. The number of nitrogens with one attached hydrogen (secondary N) is 1. The van der Waals surface area contributed by atoms with Gasteiger partial charge in [-0.1, -0.05) is 29.8 Å². The lowest BCUT2D eigenvalue weighted by Gasteiger charge is -2.16. The number of thiophene rings is 1. The van der Waals surface area contributed by atoms with E-state index in [0.717, 1.165) is 30.5 Å². The zero-order valence-electron chi connectivity index (χ0n) is 10.9. The highest BCUT2D eigenvalue weighted by molar-refractivity contribution is 7.16. The van der Waals surface area contributed by atoms with Gasteiger partial charge in [-0.2, -0.15) is 0 Å². The molecule has 0 saturated carbocycles. The third-order valence-corrected chi connectivity index (χ3v) is 4.62. The molecule has 0 fully saturated rings. The lowest BCUT2D eigenvalue weighted by Crippen LogP contribution is -2.16. The lowest BCUT2D eigenvalue weighted by molar-refractivity contribution is 0.322. The third-order valence-electron chi connectivity index (χ3n) is 3.41. The molecule has 0 unspecified atom stereocenters. The summed E-state index contributed by atoms with van der Waals surface area (Å²) in [6.07, 6.45) is 0. The Balaban J connectivity index is 1.64. The average molecular weight is 293 g/mol. The van der Waals surface area contributed by atoms with Crippen molar-refractivity contribution in [1.82, 2.24) is 10.2 Å². The van der Waals surface area contributed by atoms with Gasteiger partial charge in [0.05, 0.1) is 4.34 Å². The minimum absolute atomic E-state index is 0.868. The Bertz CT molecular complexity index is 579. The molecule has 1 aromatic carbocycles. The van der Waals surface area contributed by atoms with Crippen LogP contribution in [0.4, 0.5) is 0 Å². The molecule has 0 saturated heterocycles. The van der Waals surface area contributed by atoms with E-state index in [1.807, 2.05) is 6.07 Å². The van der Waals surface area contributed by atoms with Crippen molar-refractivity contribution in [1.29, 1.82) is 0 Å². The predicted octanol–water partition coefficient (Wildman–Crippen LogP) is 3.64. The molecular weight excluding hydrogens is 276 g/mol.